The Morgan fingerprint density at radius 3 is 2.58 bits per heavy atom. The molecule has 0 bridgehead atoms. The molecule has 0 aliphatic carbocycles. The SMILES string of the molecule is CC(=O)OC(C)(C)CC(Cl)C#N. The van der Waals surface area contributed by atoms with Crippen LogP contribution in [0.5, 0.6) is 0 Å². The molecule has 0 spiro atoms. The number of rotatable bonds is 3. The van der Waals surface area contributed by atoms with Gasteiger partial charge in [-0.25, -0.2) is 0 Å². The Labute approximate surface area is 77.3 Å². The second-order valence-corrected chi connectivity index (χ2v) is 3.68. The fourth-order valence-corrected chi connectivity index (χ4v) is 1.28. The van der Waals surface area contributed by atoms with Crippen molar-refractivity contribution in [3.63, 3.8) is 0 Å². The van der Waals surface area contributed by atoms with Crippen molar-refractivity contribution in [1.29, 1.82) is 5.26 Å². The molecule has 0 aliphatic rings. The topological polar surface area (TPSA) is 50.1 Å². The fourth-order valence-electron chi connectivity index (χ4n) is 0.908. The molecular formula is C8H12ClNO2. The Bertz CT molecular complexity index is 208. The first-order valence-electron chi connectivity index (χ1n) is 3.60. The smallest absolute Gasteiger partial charge is 0.303 e. The highest BCUT2D eigenvalue weighted by atomic mass is 35.5. The van der Waals surface area contributed by atoms with Gasteiger partial charge < -0.3 is 4.74 Å². The van der Waals surface area contributed by atoms with Crippen LogP contribution in [0.4, 0.5) is 0 Å². The molecule has 68 valence electrons. The van der Waals surface area contributed by atoms with Gasteiger partial charge >= 0.3 is 5.97 Å². The molecule has 0 fully saturated rings. The van der Waals surface area contributed by atoms with Gasteiger partial charge in [0.15, 0.2) is 0 Å². The lowest BCUT2D eigenvalue weighted by molar-refractivity contribution is -0.153. The monoisotopic (exact) mass is 189 g/mol. The van der Waals surface area contributed by atoms with Crippen molar-refractivity contribution in [3.8, 4) is 6.07 Å². The van der Waals surface area contributed by atoms with E-state index in [2.05, 4.69) is 0 Å². The van der Waals surface area contributed by atoms with E-state index < -0.39 is 11.0 Å². The summed E-state index contributed by atoms with van der Waals surface area (Å²) in [7, 11) is 0. The Balaban J connectivity index is 4.05. The van der Waals surface area contributed by atoms with E-state index in [4.69, 9.17) is 21.6 Å². The highest BCUT2D eigenvalue weighted by Crippen LogP contribution is 2.19. The van der Waals surface area contributed by atoms with Gasteiger partial charge in [-0.1, -0.05) is 0 Å². The van der Waals surface area contributed by atoms with Gasteiger partial charge in [0.25, 0.3) is 0 Å². The standard InChI is InChI=1S/C8H12ClNO2/c1-6(11)12-8(2,3)4-7(9)5-10/h7H,4H2,1-3H3. The minimum absolute atomic E-state index is 0.338. The summed E-state index contributed by atoms with van der Waals surface area (Å²) < 4.78 is 4.94. The van der Waals surface area contributed by atoms with Crippen LogP contribution in [0, 0.1) is 11.3 Å². The van der Waals surface area contributed by atoms with Gasteiger partial charge in [0.1, 0.15) is 11.0 Å². The van der Waals surface area contributed by atoms with Crippen LogP contribution in [0.1, 0.15) is 27.2 Å². The number of esters is 1. The third-order valence-corrected chi connectivity index (χ3v) is 1.48. The number of carbonyl (C=O) groups is 1. The van der Waals surface area contributed by atoms with Crippen molar-refractivity contribution < 1.29 is 9.53 Å². The van der Waals surface area contributed by atoms with Crippen LogP contribution in [-0.2, 0) is 9.53 Å². The van der Waals surface area contributed by atoms with Crippen LogP contribution in [-0.4, -0.2) is 16.9 Å². The van der Waals surface area contributed by atoms with Gasteiger partial charge in [-0.3, -0.25) is 4.79 Å². The Morgan fingerprint density at radius 2 is 2.25 bits per heavy atom. The highest BCUT2D eigenvalue weighted by Gasteiger charge is 2.24. The molecule has 4 heteroatoms. The molecule has 0 aromatic rings. The predicted octanol–water partition coefficient (Wildman–Crippen LogP) is 1.85. The van der Waals surface area contributed by atoms with Crippen LogP contribution in [0.3, 0.4) is 0 Å². The van der Waals surface area contributed by atoms with Crippen molar-refractivity contribution in [2.45, 2.75) is 38.2 Å². The number of hydrogen-bond acceptors (Lipinski definition) is 3. The number of hydrogen-bond donors (Lipinski definition) is 0. The molecule has 0 heterocycles. The number of nitriles is 1. The Hall–Kier alpha value is -0.750. The van der Waals surface area contributed by atoms with Gasteiger partial charge in [-0.15, -0.1) is 11.6 Å². The van der Waals surface area contributed by atoms with E-state index in [1.54, 1.807) is 13.8 Å². The first-order chi connectivity index (χ1) is 5.37. The summed E-state index contributed by atoms with van der Waals surface area (Å²) in [5.74, 6) is -0.359. The second-order valence-electron chi connectivity index (χ2n) is 3.15. The summed E-state index contributed by atoms with van der Waals surface area (Å²) in [6.45, 7) is 4.78. The zero-order valence-electron chi connectivity index (χ0n) is 7.43. The number of alkyl halides is 1. The van der Waals surface area contributed by atoms with Gasteiger partial charge in [0.2, 0.25) is 0 Å². The van der Waals surface area contributed by atoms with Crippen molar-refractivity contribution in [2.24, 2.45) is 0 Å². The average Bonchev–Trinajstić information content (AvgIpc) is 1.83. The zero-order valence-corrected chi connectivity index (χ0v) is 8.18. The van der Waals surface area contributed by atoms with Crippen LogP contribution < -0.4 is 0 Å². The van der Waals surface area contributed by atoms with Crippen LogP contribution in [0.2, 0.25) is 0 Å². The summed E-state index contributed by atoms with van der Waals surface area (Å²) in [5, 5.41) is 7.80. The van der Waals surface area contributed by atoms with E-state index in [9.17, 15) is 4.79 Å². The highest BCUT2D eigenvalue weighted by molar-refractivity contribution is 6.22. The molecule has 0 aromatic carbocycles. The Morgan fingerprint density at radius 1 is 1.75 bits per heavy atom. The average molecular weight is 190 g/mol. The number of carbonyl (C=O) groups excluding carboxylic acids is 1. The fraction of sp³-hybridized carbons (Fsp3) is 0.750. The van der Waals surface area contributed by atoms with Crippen LogP contribution >= 0.6 is 11.6 Å². The third-order valence-electron chi connectivity index (χ3n) is 1.23. The quantitative estimate of drug-likeness (QED) is 0.503. The molecule has 0 saturated carbocycles. The summed E-state index contributed by atoms with van der Waals surface area (Å²) >= 11 is 5.58. The minimum atomic E-state index is -0.659. The lowest BCUT2D eigenvalue weighted by Gasteiger charge is -2.24. The maximum absolute atomic E-state index is 10.6. The number of nitrogens with zero attached hydrogens (tertiary/aromatic N) is 1. The first kappa shape index (κ1) is 11.2. The normalized spacial score (nSPS) is 13.2. The molecule has 0 N–H and O–H groups in total. The van der Waals surface area contributed by atoms with E-state index in [-0.39, 0.29) is 5.97 Å². The molecule has 3 nitrogen and oxygen atoms in total. The van der Waals surface area contributed by atoms with Crippen molar-refractivity contribution >= 4 is 17.6 Å². The first-order valence-corrected chi connectivity index (χ1v) is 4.04. The largest absolute Gasteiger partial charge is 0.460 e. The molecule has 1 atom stereocenters. The van der Waals surface area contributed by atoms with Gasteiger partial charge in [-0.2, -0.15) is 5.26 Å². The van der Waals surface area contributed by atoms with Crippen LogP contribution in [0.25, 0.3) is 0 Å². The molecular weight excluding hydrogens is 178 g/mol. The van der Waals surface area contributed by atoms with Crippen molar-refractivity contribution in [2.75, 3.05) is 0 Å². The molecule has 0 aromatic heterocycles. The van der Waals surface area contributed by atoms with Gasteiger partial charge in [-0.05, 0) is 13.8 Å². The molecule has 0 radical (unpaired) electrons. The maximum atomic E-state index is 10.6. The maximum Gasteiger partial charge on any atom is 0.303 e. The lowest BCUT2D eigenvalue weighted by Crippen LogP contribution is -2.29. The number of ether oxygens (including phenoxy) is 1. The molecule has 0 rings (SSSR count). The van der Waals surface area contributed by atoms with E-state index in [1.165, 1.54) is 6.92 Å². The Kier molecular flexibility index (Phi) is 4.05. The lowest BCUT2D eigenvalue weighted by atomic mass is 10.0. The molecule has 0 saturated heterocycles. The van der Waals surface area contributed by atoms with Crippen molar-refractivity contribution in [1.82, 2.24) is 0 Å². The van der Waals surface area contributed by atoms with E-state index in [0.29, 0.717) is 6.42 Å². The molecule has 1 unspecified atom stereocenters. The summed E-state index contributed by atoms with van der Waals surface area (Å²) in [5.41, 5.74) is -0.659. The number of halogens is 1. The van der Waals surface area contributed by atoms with E-state index in [1.807, 2.05) is 6.07 Å². The molecule has 0 amide bonds. The summed E-state index contributed by atoms with van der Waals surface area (Å²) in [6.07, 6.45) is 0.338. The van der Waals surface area contributed by atoms with E-state index >= 15 is 0 Å². The van der Waals surface area contributed by atoms with Crippen LogP contribution in [0.15, 0.2) is 0 Å². The van der Waals surface area contributed by atoms with Crippen molar-refractivity contribution in [3.05, 3.63) is 0 Å². The summed E-state index contributed by atoms with van der Waals surface area (Å²) in [4.78, 5) is 10.6. The third kappa shape index (κ3) is 4.97. The predicted molar refractivity (Wildman–Crippen MR) is 45.7 cm³/mol. The second kappa shape index (κ2) is 4.32. The van der Waals surface area contributed by atoms with Gasteiger partial charge in [0, 0.05) is 13.3 Å². The molecule has 12 heavy (non-hydrogen) atoms. The zero-order chi connectivity index (χ0) is 9.78. The van der Waals surface area contributed by atoms with Gasteiger partial charge in [0.05, 0.1) is 6.07 Å². The summed E-state index contributed by atoms with van der Waals surface area (Å²) in [6, 6.07) is 1.87. The molecule has 0 aliphatic heterocycles. The van der Waals surface area contributed by atoms with E-state index in [0.717, 1.165) is 0 Å². The minimum Gasteiger partial charge on any atom is -0.460 e.